The zero-order chi connectivity index (χ0) is 30.4. The van der Waals surface area contributed by atoms with Crippen LogP contribution in [0.2, 0.25) is 5.02 Å². The molecule has 43 heavy (non-hydrogen) atoms. The highest BCUT2D eigenvalue weighted by Crippen LogP contribution is 2.44. The number of aromatic carboxylic acids is 2. The molecule has 2 heterocycles. The summed E-state index contributed by atoms with van der Waals surface area (Å²) in [5, 5.41) is 44.5. The molecule has 0 bridgehead atoms. The molecule has 214 valence electrons. The molecule has 1 aliphatic carbocycles. The number of carbonyl (C=O) groups is 2. The molecule has 5 N–H and O–H groups in total. The molecule has 0 radical (unpaired) electrons. The maximum Gasteiger partial charge on any atom is 0.336 e. The highest BCUT2D eigenvalue weighted by Gasteiger charge is 2.26. The molecule has 0 amide bonds. The number of fused-ring (bicyclic) bond motifs is 3. The molecule has 6 rings (SSSR count). The Balaban J connectivity index is 1.62. The first-order chi connectivity index (χ1) is 20.7. The number of aromatic nitrogens is 1. The number of pyridine rings is 1. The van der Waals surface area contributed by atoms with Crippen LogP contribution in [0, 0.1) is 0 Å². The van der Waals surface area contributed by atoms with Gasteiger partial charge >= 0.3 is 11.9 Å². The number of halogens is 1. The van der Waals surface area contributed by atoms with Crippen LogP contribution in [0.5, 0.6) is 5.75 Å². The number of para-hydroxylation sites is 1. The van der Waals surface area contributed by atoms with E-state index in [1.54, 1.807) is 12.1 Å². The van der Waals surface area contributed by atoms with Gasteiger partial charge in [0.15, 0.2) is 0 Å². The number of benzene rings is 4. The van der Waals surface area contributed by atoms with Crippen molar-refractivity contribution in [3.8, 4) is 28.2 Å². The third-order valence-corrected chi connectivity index (χ3v) is 7.48. The van der Waals surface area contributed by atoms with E-state index in [0.29, 0.717) is 22.3 Å². The van der Waals surface area contributed by atoms with E-state index >= 15 is 0 Å². The number of carboxylic acid groups (broad SMARTS) is 2. The van der Waals surface area contributed by atoms with Crippen LogP contribution in [-0.4, -0.2) is 37.3 Å². The van der Waals surface area contributed by atoms with Gasteiger partial charge in [-0.15, -0.1) is 0 Å². The molecule has 10 nitrogen and oxygen atoms in total. The third-order valence-electron chi connectivity index (χ3n) is 7.18. The summed E-state index contributed by atoms with van der Waals surface area (Å²) >= 11 is 6.19. The average molecular weight is 597 g/mol. The number of aromatic hydroxyl groups is 1. The minimum atomic E-state index is -1.30. The second kappa shape index (κ2) is 10.8. The monoisotopic (exact) mass is 596 g/mol. The normalized spacial score (nSPS) is 11.3. The first-order valence-electron chi connectivity index (χ1n) is 12.9. The van der Waals surface area contributed by atoms with Crippen LogP contribution in [0.1, 0.15) is 32.0 Å². The van der Waals surface area contributed by atoms with Crippen LogP contribution >= 0.6 is 11.6 Å². The van der Waals surface area contributed by atoms with E-state index in [9.17, 15) is 34.8 Å². The van der Waals surface area contributed by atoms with Crippen LogP contribution in [0.4, 0.5) is 5.69 Å². The molecule has 11 heteroatoms. The zero-order valence-electron chi connectivity index (χ0n) is 22.1. The fourth-order valence-electron chi connectivity index (χ4n) is 5.13. The summed E-state index contributed by atoms with van der Waals surface area (Å²) in [7, 11) is 0. The molecular formula is C32H21ClN2O8. The Morgan fingerprint density at radius 3 is 2.49 bits per heavy atom. The van der Waals surface area contributed by atoms with Crippen molar-refractivity contribution in [1.29, 1.82) is 0 Å². The molecule has 2 aliphatic rings. The lowest BCUT2D eigenvalue weighted by molar-refractivity contribution is 0.0682. The molecule has 3 aromatic carbocycles. The molecule has 0 fully saturated rings. The van der Waals surface area contributed by atoms with Gasteiger partial charge in [-0.3, -0.25) is 4.79 Å². The highest BCUT2D eigenvalue weighted by atomic mass is 35.5. The van der Waals surface area contributed by atoms with Crippen LogP contribution in [0.25, 0.3) is 44.3 Å². The number of carboxylic acids is 2. The number of phenols is 1. The van der Waals surface area contributed by atoms with Crippen molar-refractivity contribution in [1.82, 2.24) is 4.98 Å². The van der Waals surface area contributed by atoms with Crippen LogP contribution in [0.3, 0.4) is 0 Å². The second-order valence-electron chi connectivity index (χ2n) is 9.76. The molecule has 0 unspecified atom stereocenters. The minimum Gasteiger partial charge on any atom is -0.507 e. The van der Waals surface area contributed by atoms with Gasteiger partial charge in [0, 0.05) is 34.5 Å². The number of hydrogen-bond donors (Lipinski definition) is 5. The van der Waals surface area contributed by atoms with Gasteiger partial charge in [0.1, 0.15) is 17.1 Å². The summed E-state index contributed by atoms with van der Waals surface area (Å²) in [5.41, 5.74) is 1.83. The number of nitrogens with zero attached hydrogens (tertiary/aromatic N) is 1. The highest BCUT2D eigenvalue weighted by molar-refractivity contribution is 6.31. The topological polar surface area (TPSA) is 170 Å². The number of hydrogen-bond acceptors (Lipinski definition) is 8. The van der Waals surface area contributed by atoms with Gasteiger partial charge in [-0.25, -0.2) is 14.6 Å². The summed E-state index contributed by atoms with van der Waals surface area (Å²) in [4.78, 5) is 41.2. The predicted molar refractivity (Wildman–Crippen MR) is 160 cm³/mol. The zero-order valence-corrected chi connectivity index (χ0v) is 22.8. The lowest BCUT2D eigenvalue weighted by Gasteiger charge is -2.20. The van der Waals surface area contributed by atoms with Crippen molar-refractivity contribution < 1.29 is 34.4 Å². The van der Waals surface area contributed by atoms with Crippen molar-refractivity contribution in [3.63, 3.8) is 0 Å². The van der Waals surface area contributed by atoms with Gasteiger partial charge in [-0.05, 0) is 54.1 Å². The van der Waals surface area contributed by atoms with Gasteiger partial charge in [0.25, 0.3) is 0 Å². The van der Waals surface area contributed by atoms with Crippen molar-refractivity contribution in [2.75, 3.05) is 5.32 Å². The number of nitrogens with one attached hydrogen (secondary N) is 1. The number of aliphatic hydroxyl groups is 1. The van der Waals surface area contributed by atoms with Crippen molar-refractivity contribution in [2.45, 2.75) is 13.2 Å². The van der Waals surface area contributed by atoms with Crippen molar-refractivity contribution >= 4 is 51.1 Å². The van der Waals surface area contributed by atoms with Crippen LogP contribution in [-0.2, 0) is 13.2 Å². The Labute approximate surface area is 247 Å². The number of anilines is 1. The minimum absolute atomic E-state index is 0.0144. The lowest BCUT2D eigenvalue weighted by atomic mass is 9.89. The molecule has 0 spiro atoms. The van der Waals surface area contributed by atoms with E-state index in [1.807, 2.05) is 18.2 Å². The summed E-state index contributed by atoms with van der Waals surface area (Å²) in [6, 6.07) is 18.1. The Hall–Kier alpha value is -5.45. The van der Waals surface area contributed by atoms with Crippen molar-refractivity contribution in [3.05, 3.63) is 110 Å². The largest absolute Gasteiger partial charge is 0.507 e. The van der Waals surface area contributed by atoms with Gasteiger partial charge in [0.2, 0.25) is 5.43 Å². The van der Waals surface area contributed by atoms with E-state index in [2.05, 4.69) is 10.3 Å². The predicted octanol–water partition coefficient (Wildman–Crippen LogP) is 5.97. The second-order valence-corrected chi connectivity index (χ2v) is 10.2. The average Bonchev–Trinajstić information content (AvgIpc) is 2.99. The van der Waals surface area contributed by atoms with Gasteiger partial charge in [-0.1, -0.05) is 29.8 Å². The number of rotatable bonds is 7. The fraction of sp³-hybridized carbons (Fsp3) is 0.0625. The van der Waals surface area contributed by atoms with E-state index in [-0.39, 0.29) is 68.6 Å². The van der Waals surface area contributed by atoms with Gasteiger partial charge < -0.3 is 30.2 Å². The molecule has 0 saturated heterocycles. The Bertz CT molecular complexity index is 2140. The van der Waals surface area contributed by atoms with E-state index < -0.39 is 17.4 Å². The maximum atomic E-state index is 12.5. The molecule has 0 saturated carbocycles. The Morgan fingerprint density at radius 1 is 0.930 bits per heavy atom. The summed E-state index contributed by atoms with van der Waals surface area (Å²) < 4.78 is 6.18. The standard InChI is InChI=1S/C32H21ClN2O8/c33-23-11-21-27(12-26(23)38)43-30-19(28(21)20-10-16(31(39)40)5-7-18(20)32(41)42)8-9-25(37)22(30)13-34-24-3-1-2-15-4-6-17(14-36)35-29(15)24/h1-12,34,36-37H,13-14H2,(H,39,40)(H,41,42). The number of aliphatic hydroxyl groups excluding tert-OH is 1. The lowest BCUT2D eigenvalue weighted by Crippen LogP contribution is -2.07. The van der Waals surface area contributed by atoms with Gasteiger partial charge in [0.05, 0.1) is 45.2 Å². The molecule has 0 atom stereocenters. The quantitative estimate of drug-likeness (QED) is 0.138. The summed E-state index contributed by atoms with van der Waals surface area (Å²) in [6.07, 6.45) is 0. The van der Waals surface area contributed by atoms with Crippen molar-refractivity contribution in [2.24, 2.45) is 0 Å². The first kappa shape index (κ1) is 27.7. The van der Waals surface area contributed by atoms with Crippen LogP contribution < -0.4 is 10.7 Å². The maximum absolute atomic E-state index is 12.5. The third kappa shape index (κ3) is 4.88. The molecular weight excluding hydrogens is 576 g/mol. The number of phenolic OH excluding ortho intramolecular Hbond substituents is 1. The van der Waals surface area contributed by atoms with Gasteiger partial charge in [-0.2, -0.15) is 0 Å². The van der Waals surface area contributed by atoms with E-state index in [1.165, 1.54) is 36.4 Å². The Kier molecular flexibility index (Phi) is 6.93. The smallest absolute Gasteiger partial charge is 0.336 e. The summed E-state index contributed by atoms with van der Waals surface area (Å²) in [5.74, 6) is -2.65. The van der Waals surface area contributed by atoms with Crippen LogP contribution in [0.15, 0.2) is 82.0 Å². The first-order valence-corrected chi connectivity index (χ1v) is 13.3. The Morgan fingerprint density at radius 2 is 1.74 bits per heavy atom. The van der Waals surface area contributed by atoms with E-state index in [4.69, 9.17) is 16.0 Å². The van der Waals surface area contributed by atoms with E-state index in [0.717, 1.165) is 11.5 Å². The fourth-order valence-corrected chi connectivity index (χ4v) is 5.30. The SMILES string of the molecule is O=C(O)c1ccc(C(=O)O)c(-c2c3cc(Cl)c(=O)cc-3oc3c(CNc4cccc5ccc(CO)nc45)c(O)ccc23)c1. The molecule has 4 aromatic rings. The molecule has 1 aliphatic heterocycles. The summed E-state index contributed by atoms with van der Waals surface area (Å²) in [6.45, 7) is -0.225. The molecule has 1 aromatic heterocycles.